The van der Waals surface area contributed by atoms with Gasteiger partial charge in [-0.2, -0.15) is 5.10 Å². The molecule has 3 aromatic rings. The average molecular weight is 303 g/mol. The monoisotopic (exact) mass is 302 g/mol. The number of ether oxygens (including phenoxy) is 1. The molecule has 0 unspecified atom stereocenters. The van der Waals surface area contributed by atoms with E-state index in [1.165, 1.54) is 0 Å². The van der Waals surface area contributed by atoms with Gasteiger partial charge in [-0.25, -0.2) is 4.98 Å². The van der Waals surface area contributed by atoms with E-state index in [1.807, 2.05) is 25.2 Å². The number of rotatable bonds is 4. The van der Waals surface area contributed by atoms with Gasteiger partial charge in [-0.15, -0.1) is 0 Å². The maximum absolute atomic E-state index is 5.90. The van der Waals surface area contributed by atoms with E-state index in [4.69, 9.17) is 16.3 Å². The van der Waals surface area contributed by atoms with Crippen LogP contribution >= 0.6 is 11.6 Å². The standard InChI is InChI=1S/C15H15ClN4O/c1-17-8-9-3-5-12(21-2)11(7-9)14-10-4-6-13(16)18-15(10)20-19-14/h3-7,17H,8H2,1-2H3,(H,18,19,20). The maximum Gasteiger partial charge on any atom is 0.182 e. The summed E-state index contributed by atoms with van der Waals surface area (Å²) in [4.78, 5) is 4.21. The van der Waals surface area contributed by atoms with Gasteiger partial charge in [0.2, 0.25) is 0 Å². The van der Waals surface area contributed by atoms with Crippen LogP contribution in [-0.2, 0) is 6.54 Å². The molecule has 0 aliphatic heterocycles. The molecule has 0 aliphatic carbocycles. The van der Waals surface area contributed by atoms with Crippen molar-refractivity contribution in [3.8, 4) is 17.0 Å². The highest BCUT2D eigenvalue weighted by Crippen LogP contribution is 2.34. The van der Waals surface area contributed by atoms with Gasteiger partial charge in [0.1, 0.15) is 10.9 Å². The predicted octanol–water partition coefficient (Wildman–Crippen LogP) is 3.01. The lowest BCUT2D eigenvalue weighted by Gasteiger charge is -2.10. The molecule has 2 aromatic heterocycles. The number of aromatic nitrogens is 3. The largest absolute Gasteiger partial charge is 0.496 e. The Morgan fingerprint density at radius 1 is 1.29 bits per heavy atom. The number of aromatic amines is 1. The minimum Gasteiger partial charge on any atom is -0.496 e. The Morgan fingerprint density at radius 3 is 2.90 bits per heavy atom. The Labute approximate surface area is 127 Å². The van der Waals surface area contributed by atoms with Crippen molar-refractivity contribution in [3.05, 3.63) is 41.0 Å². The molecule has 0 bridgehead atoms. The molecule has 0 fully saturated rings. The molecular weight excluding hydrogens is 288 g/mol. The topological polar surface area (TPSA) is 62.8 Å². The van der Waals surface area contributed by atoms with Gasteiger partial charge in [-0.05, 0) is 36.9 Å². The van der Waals surface area contributed by atoms with Crippen molar-refractivity contribution in [2.75, 3.05) is 14.2 Å². The van der Waals surface area contributed by atoms with Crippen LogP contribution in [0.25, 0.3) is 22.3 Å². The molecule has 3 rings (SSSR count). The van der Waals surface area contributed by atoms with E-state index in [-0.39, 0.29) is 0 Å². The van der Waals surface area contributed by atoms with E-state index >= 15 is 0 Å². The highest BCUT2D eigenvalue weighted by Gasteiger charge is 2.14. The van der Waals surface area contributed by atoms with E-state index in [2.05, 4.69) is 26.6 Å². The van der Waals surface area contributed by atoms with Crippen molar-refractivity contribution in [2.45, 2.75) is 6.54 Å². The minimum absolute atomic E-state index is 0.427. The summed E-state index contributed by atoms with van der Waals surface area (Å²) < 4.78 is 5.46. The number of hydrogen-bond donors (Lipinski definition) is 2. The fourth-order valence-corrected chi connectivity index (χ4v) is 2.49. The highest BCUT2D eigenvalue weighted by molar-refractivity contribution is 6.29. The van der Waals surface area contributed by atoms with Crippen molar-refractivity contribution in [2.24, 2.45) is 0 Å². The molecule has 1 aromatic carbocycles. The Balaban J connectivity index is 2.18. The average Bonchev–Trinajstić information content (AvgIpc) is 2.90. The summed E-state index contributed by atoms with van der Waals surface area (Å²) in [6.07, 6.45) is 0. The smallest absolute Gasteiger partial charge is 0.182 e. The zero-order valence-corrected chi connectivity index (χ0v) is 12.5. The number of fused-ring (bicyclic) bond motifs is 1. The van der Waals surface area contributed by atoms with Gasteiger partial charge in [0.15, 0.2) is 5.65 Å². The molecular formula is C15H15ClN4O. The van der Waals surface area contributed by atoms with E-state index in [1.54, 1.807) is 13.2 Å². The molecule has 2 N–H and O–H groups in total. The normalized spacial score (nSPS) is 11.0. The molecule has 0 spiro atoms. The first-order valence-electron chi connectivity index (χ1n) is 6.55. The summed E-state index contributed by atoms with van der Waals surface area (Å²) in [5, 5.41) is 11.7. The second kappa shape index (κ2) is 5.71. The number of nitrogens with zero attached hydrogens (tertiary/aromatic N) is 2. The van der Waals surface area contributed by atoms with Gasteiger partial charge in [0, 0.05) is 17.5 Å². The van der Waals surface area contributed by atoms with Crippen LogP contribution in [0.2, 0.25) is 5.15 Å². The molecule has 108 valence electrons. The molecule has 0 saturated heterocycles. The summed E-state index contributed by atoms with van der Waals surface area (Å²) in [5.41, 5.74) is 3.59. The Morgan fingerprint density at radius 2 is 2.14 bits per heavy atom. The molecule has 0 aliphatic rings. The predicted molar refractivity (Wildman–Crippen MR) is 83.7 cm³/mol. The number of H-pyrrole nitrogens is 1. The van der Waals surface area contributed by atoms with E-state index < -0.39 is 0 Å². The second-order valence-corrected chi connectivity index (χ2v) is 5.06. The number of nitrogens with one attached hydrogen (secondary N) is 2. The number of methoxy groups -OCH3 is 1. The van der Waals surface area contributed by atoms with Crippen molar-refractivity contribution in [1.29, 1.82) is 0 Å². The van der Waals surface area contributed by atoms with Crippen LogP contribution in [-0.4, -0.2) is 29.3 Å². The van der Waals surface area contributed by atoms with Crippen molar-refractivity contribution in [1.82, 2.24) is 20.5 Å². The Bertz CT molecular complexity index is 784. The molecule has 6 heteroatoms. The lowest BCUT2D eigenvalue weighted by molar-refractivity contribution is 0.416. The SMILES string of the molecule is CNCc1ccc(OC)c(-c2[nH]nc3nc(Cl)ccc23)c1. The van der Waals surface area contributed by atoms with Crippen molar-refractivity contribution in [3.63, 3.8) is 0 Å². The van der Waals surface area contributed by atoms with Crippen molar-refractivity contribution < 1.29 is 4.74 Å². The van der Waals surface area contributed by atoms with Gasteiger partial charge in [-0.3, -0.25) is 5.10 Å². The van der Waals surface area contributed by atoms with Crippen LogP contribution in [0.1, 0.15) is 5.56 Å². The Kier molecular flexibility index (Phi) is 3.77. The van der Waals surface area contributed by atoms with Gasteiger partial charge in [-0.1, -0.05) is 17.7 Å². The van der Waals surface area contributed by atoms with Crippen LogP contribution in [0.5, 0.6) is 5.75 Å². The number of pyridine rings is 1. The molecule has 0 saturated carbocycles. The van der Waals surface area contributed by atoms with Crippen LogP contribution < -0.4 is 10.1 Å². The van der Waals surface area contributed by atoms with Crippen LogP contribution in [0.4, 0.5) is 0 Å². The summed E-state index contributed by atoms with van der Waals surface area (Å²) in [7, 11) is 3.58. The molecule has 0 amide bonds. The molecule has 2 heterocycles. The third-order valence-corrected chi connectivity index (χ3v) is 3.51. The Hall–Kier alpha value is -2.11. The van der Waals surface area contributed by atoms with Crippen LogP contribution in [0.3, 0.4) is 0 Å². The van der Waals surface area contributed by atoms with Crippen LogP contribution in [0.15, 0.2) is 30.3 Å². The molecule has 0 atom stereocenters. The lowest BCUT2D eigenvalue weighted by Crippen LogP contribution is -2.05. The molecule has 21 heavy (non-hydrogen) atoms. The van der Waals surface area contributed by atoms with E-state index in [0.717, 1.165) is 34.5 Å². The number of hydrogen-bond acceptors (Lipinski definition) is 4. The van der Waals surface area contributed by atoms with Gasteiger partial charge < -0.3 is 10.1 Å². The maximum atomic E-state index is 5.90. The van der Waals surface area contributed by atoms with E-state index in [9.17, 15) is 0 Å². The first-order valence-corrected chi connectivity index (χ1v) is 6.93. The molecule has 0 radical (unpaired) electrons. The third-order valence-electron chi connectivity index (χ3n) is 3.30. The fraction of sp³-hybridized carbons (Fsp3) is 0.200. The summed E-state index contributed by atoms with van der Waals surface area (Å²) >= 11 is 5.90. The van der Waals surface area contributed by atoms with Gasteiger partial charge in [0.25, 0.3) is 0 Å². The third kappa shape index (κ3) is 2.57. The zero-order valence-electron chi connectivity index (χ0n) is 11.8. The fourth-order valence-electron chi connectivity index (χ4n) is 2.34. The summed E-state index contributed by atoms with van der Waals surface area (Å²) in [6.45, 7) is 0.785. The number of benzene rings is 1. The summed E-state index contributed by atoms with van der Waals surface area (Å²) in [5.74, 6) is 0.787. The molecule has 5 nitrogen and oxygen atoms in total. The van der Waals surface area contributed by atoms with Gasteiger partial charge >= 0.3 is 0 Å². The first kappa shape index (κ1) is 13.9. The van der Waals surface area contributed by atoms with Crippen molar-refractivity contribution >= 4 is 22.6 Å². The van der Waals surface area contributed by atoms with E-state index in [0.29, 0.717) is 10.8 Å². The zero-order chi connectivity index (χ0) is 14.8. The lowest BCUT2D eigenvalue weighted by atomic mass is 10.0. The second-order valence-electron chi connectivity index (χ2n) is 4.67. The summed E-state index contributed by atoms with van der Waals surface area (Å²) in [6, 6.07) is 9.74. The quantitative estimate of drug-likeness (QED) is 0.727. The minimum atomic E-state index is 0.427. The number of halogens is 1. The first-order chi connectivity index (χ1) is 10.2. The highest BCUT2D eigenvalue weighted by atomic mass is 35.5. The van der Waals surface area contributed by atoms with Gasteiger partial charge in [0.05, 0.1) is 12.8 Å². The van der Waals surface area contributed by atoms with Crippen LogP contribution in [0, 0.1) is 0 Å².